The van der Waals surface area contributed by atoms with E-state index in [-0.39, 0.29) is 5.82 Å². The van der Waals surface area contributed by atoms with Crippen LogP contribution in [0.4, 0.5) is 10.1 Å². The fourth-order valence-corrected chi connectivity index (χ4v) is 2.71. The average molecular weight is 279 g/mol. The molecule has 2 aromatic rings. The smallest absolute Gasteiger partial charge is 0.123 e. The highest BCUT2D eigenvalue weighted by atomic mass is 19.1. The van der Waals surface area contributed by atoms with Gasteiger partial charge in [0.25, 0.3) is 0 Å². The Bertz CT molecular complexity index is 724. The molecule has 21 heavy (non-hydrogen) atoms. The van der Waals surface area contributed by atoms with E-state index in [1.807, 2.05) is 26.2 Å². The molecule has 1 aliphatic carbocycles. The first kappa shape index (κ1) is 13.6. The first-order valence-electron chi connectivity index (χ1n) is 7.00. The molecule has 0 N–H and O–H groups in total. The highest BCUT2D eigenvalue weighted by Crippen LogP contribution is 2.34. The zero-order valence-corrected chi connectivity index (χ0v) is 12.4. The maximum atomic E-state index is 13.1. The number of nitrogens with zero attached hydrogens (tertiary/aromatic N) is 1. The van der Waals surface area contributed by atoms with Crippen LogP contribution < -0.4 is 4.90 Å². The second kappa shape index (κ2) is 5.21. The van der Waals surface area contributed by atoms with E-state index in [2.05, 4.69) is 35.8 Å². The van der Waals surface area contributed by atoms with Crippen molar-refractivity contribution in [3.63, 3.8) is 0 Å². The van der Waals surface area contributed by atoms with Crippen molar-refractivity contribution in [1.29, 1.82) is 0 Å². The molecule has 2 aromatic carbocycles. The fraction of sp³-hybridized carbons (Fsp3) is 0.158. The number of halogens is 1. The predicted molar refractivity (Wildman–Crippen MR) is 87.9 cm³/mol. The summed E-state index contributed by atoms with van der Waals surface area (Å²) < 4.78 is 13.1. The molecule has 0 unspecified atom stereocenters. The topological polar surface area (TPSA) is 3.24 Å². The molecule has 0 saturated carbocycles. The molecule has 0 saturated heterocycles. The van der Waals surface area contributed by atoms with Gasteiger partial charge in [-0.2, -0.15) is 0 Å². The SMILES string of the molecule is C=C1C=C(c2ccc(F)cc2)Cc2cc(N(C)C)ccc21. The summed E-state index contributed by atoms with van der Waals surface area (Å²) >= 11 is 0. The molecular formula is C19H18FN. The van der Waals surface area contributed by atoms with Crippen molar-refractivity contribution in [3.05, 3.63) is 77.6 Å². The van der Waals surface area contributed by atoms with Gasteiger partial charge in [0, 0.05) is 19.8 Å². The van der Waals surface area contributed by atoms with E-state index in [1.54, 1.807) is 0 Å². The van der Waals surface area contributed by atoms with Gasteiger partial charge in [0.05, 0.1) is 0 Å². The van der Waals surface area contributed by atoms with Crippen LogP contribution in [0.5, 0.6) is 0 Å². The zero-order chi connectivity index (χ0) is 15.0. The lowest BCUT2D eigenvalue weighted by Crippen LogP contribution is -2.10. The van der Waals surface area contributed by atoms with Gasteiger partial charge in [-0.15, -0.1) is 0 Å². The van der Waals surface area contributed by atoms with Crippen molar-refractivity contribution in [2.45, 2.75) is 6.42 Å². The van der Waals surface area contributed by atoms with Gasteiger partial charge >= 0.3 is 0 Å². The summed E-state index contributed by atoms with van der Waals surface area (Å²) in [6.45, 7) is 4.16. The third-order valence-corrected chi connectivity index (χ3v) is 3.90. The molecule has 2 heteroatoms. The van der Waals surface area contributed by atoms with Gasteiger partial charge in [-0.05, 0) is 58.5 Å². The van der Waals surface area contributed by atoms with Crippen molar-refractivity contribution in [2.24, 2.45) is 0 Å². The number of hydrogen-bond acceptors (Lipinski definition) is 1. The predicted octanol–water partition coefficient (Wildman–Crippen LogP) is 4.54. The minimum Gasteiger partial charge on any atom is -0.378 e. The molecule has 0 aromatic heterocycles. The molecule has 0 spiro atoms. The number of benzene rings is 2. The van der Waals surface area contributed by atoms with E-state index in [0.29, 0.717) is 0 Å². The first-order valence-corrected chi connectivity index (χ1v) is 7.00. The van der Waals surface area contributed by atoms with Crippen LogP contribution in [0.2, 0.25) is 0 Å². The Labute approximate surface area is 125 Å². The van der Waals surface area contributed by atoms with Crippen LogP contribution in [0, 0.1) is 5.82 Å². The largest absolute Gasteiger partial charge is 0.378 e. The van der Waals surface area contributed by atoms with Crippen molar-refractivity contribution in [1.82, 2.24) is 0 Å². The Morgan fingerprint density at radius 1 is 1.05 bits per heavy atom. The number of anilines is 1. The summed E-state index contributed by atoms with van der Waals surface area (Å²) in [5.74, 6) is -0.204. The van der Waals surface area contributed by atoms with E-state index in [1.165, 1.54) is 34.5 Å². The van der Waals surface area contributed by atoms with Crippen LogP contribution in [-0.2, 0) is 6.42 Å². The fourth-order valence-electron chi connectivity index (χ4n) is 2.71. The highest BCUT2D eigenvalue weighted by Gasteiger charge is 2.16. The molecule has 0 radical (unpaired) electrons. The second-order valence-corrected chi connectivity index (χ2v) is 5.61. The lowest BCUT2D eigenvalue weighted by Gasteiger charge is -2.22. The van der Waals surface area contributed by atoms with E-state index >= 15 is 0 Å². The molecule has 0 fully saturated rings. The Morgan fingerprint density at radius 2 is 1.76 bits per heavy atom. The lowest BCUT2D eigenvalue weighted by molar-refractivity contribution is 0.627. The summed E-state index contributed by atoms with van der Waals surface area (Å²) in [5, 5.41) is 0. The summed E-state index contributed by atoms with van der Waals surface area (Å²) in [6.07, 6.45) is 2.95. The Kier molecular flexibility index (Phi) is 3.38. The lowest BCUT2D eigenvalue weighted by atomic mass is 9.85. The molecule has 106 valence electrons. The van der Waals surface area contributed by atoms with Gasteiger partial charge < -0.3 is 4.90 Å². The molecular weight excluding hydrogens is 261 g/mol. The summed E-state index contributed by atoms with van der Waals surface area (Å²) in [6, 6.07) is 13.1. The van der Waals surface area contributed by atoms with Crippen molar-refractivity contribution < 1.29 is 4.39 Å². The molecule has 0 aliphatic heterocycles. The van der Waals surface area contributed by atoms with Crippen LogP contribution >= 0.6 is 0 Å². The third kappa shape index (κ3) is 2.62. The van der Waals surface area contributed by atoms with Crippen LogP contribution in [-0.4, -0.2) is 14.1 Å². The quantitative estimate of drug-likeness (QED) is 0.780. The monoisotopic (exact) mass is 279 g/mol. The number of rotatable bonds is 2. The third-order valence-electron chi connectivity index (χ3n) is 3.90. The number of hydrogen-bond donors (Lipinski definition) is 0. The highest BCUT2D eigenvalue weighted by molar-refractivity contribution is 5.89. The zero-order valence-electron chi connectivity index (χ0n) is 12.4. The van der Waals surface area contributed by atoms with Crippen LogP contribution in [0.15, 0.2) is 55.1 Å². The van der Waals surface area contributed by atoms with Crippen molar-refractivity contribution in [2.75, 3.05) is 19.0 Å². The van der Waals surface area contributed by atoms with Gasteiger partial charge in [0.1, 0.15) is 5.82 Å². The maximum Gasteiger partial charge on any atom is 0.123 e. The Morgan fingerprint density at radius 3 is 2.43 bits per heavy atom. The van der Waals surface area contributed by atoms with Gasteiger partial charge in [-0.25, -0.2) is 4.39 Å². The maximum absolute atomic E-state index is 13.1. The average Bonchev–Trinajstić information content (AvgIpc) is 2.47. The van der Waals surface area contributed by atoms with Crippen LogP contribution in [0.3, 0.4) is 0 Å². The van der Waals surface area contributed by atoms with Gasteiger partial charge in [-0.3, -0.25) is 0 Å². The molecule has 0 atom stereocenters. The van der Waals surface area contributed by atoms with Gasteiger partial charge in [-0.1, -0.05) is 30.9 Å². The molecule has 3 rings (SSSR count). The van der Waals surface area contributed by atoms with Crippen molar-refractivity contribution >= 4 is 16.8 Å². The van der Waals surface area contributed by atoms with E-state index in [4.69, 9.17) is 0 Å². The van der Waals surface area contributed by atoms with Crippen molar-refractivity contribution in [3.8, 4) is 0 Å². The molecule has 1 aliphatic rings. The first-order chi connectivity index (χ1) is 10.0. The summed E-state index contributed by atoms with van der Waals surface area (Å²) in [5.41, 5.74) is 6.91. The van der Waals surface area contributed by atoms with Crippen LogP contribution in [0.1, 0.15) is 16.7 Å². The summed E-state index contributed by atoms with van der Waals surface area (Å²) in [4.78, 5) is 2.10. The minimum absolute atomic E-state index is 0.204. The Balaban J connectivity index is 2.00. The number of fused-ring (bicyclic) bond motifs is 1. The standard InChI is InChI=1S/C19H18FN/c1-13-10-15(14-4-6-17(20)7-5-14)11-16-12-18(21(2)3)8-9-19(13)16/h4-10,12H,1,11H2,2-3H3. The normalized spacial score (nSPS) is 13.7. The molecule has 0 bridgehead atoms. The van der Waals surface area contributed by atoms with E-state index < -0.39 is 0 Å². The van der Waals surface area contributed by atoms with Gasteiger partial charge in [0.15, 0.2) is 0 Å². The van der Waals surface area contributed by atoms with Gasteiger partial charge in [0.2, 0.25) is 0 Å². The second-order valence-electron chi connectivity index (χ2n) is 5.61. The molecule has 0 amide bonds. The minimum atomic E-state index is -0.204. The van der Waals surface area contributed by atoms with E-state index in [9.17, 15) is 4.39 Å². The number of allylic oxidation sites excluding steroid dienone is 3. The Hall–Kier alpha value is -2.35. The molecule has 0 heterocycles. The summed E-state index contributed by atoms with van der Waals surface area (Å²) in [7, 11) is 4.08. The molecule has 1 nitrogen and oxygen atoms in total. The van der Waals surface area contributed by atoms with Crippen LogP contribution in [0.25, 0.3) is 11.1 Å². The van der Waals surface area contributed by atoms with E-state index in [0.717, 1.165) is 17.6 Å².